The summed E-state index contributed by atoms with van der Waals surface area (Å²) >= 11 is 7.05. The summed E-state index contributed by atoms with van der Waals surface area (Å²) in [6.45, 7) is 21.6. The highest BCUT2D eigenvalue weighted by Crippen LogP contribution is 2.42. The van der Waals surface area contributed by atoms with E-state index < -0.39 is 31.4 Å². The van der Waals surface area contributed by atoms with Gasteiger partial charge in [0.2, 0.25) is 0 Å². The maximum Gasteiger partial charge on any atom is 0.410 e. The SMILES string of the molecule is C#Cc1c(F)ccc2cc(OCOC)cc(-c3ncc4c(N5CC6CCC(C5)N6C(=O)OC(C)(C)C)nc(OCCN5CCN(C6CCN(c7ccc(-c8nc9c(cc8Cl)nc(O[C@@H]8CO[C@H]%10[C@@H]8OC[C@H]%10OC8CCCCO8)n9COCC[Si](C)(C)C)cn7)CC6)CC5)nc4c3F)c12. The number of nitrogens with zero attached hydrogens (tertiary/aromatic N) is 12. The highest BCUT2D eigenvalue weighted by Gasteiger charge is 2.51. The van der Waals surface area contributed by atoms with Gasteiger partial charge in [0, 0.05) is 122 Å². The summed E-state index contributed by atoms with van der Waals surface area (Å²) in [6, 6.07) is 13.5. The van der Waals surface area contributed by atoms with Gasteiger partial charge >= 0.3 is 18.1 Å². The number of benzene rings is 2. The molecule has 2 bridgehead atoms. The lowest BCUT2D eigenvalue weighted by Gasteiger charge is -2.43. The van der Waals surface area contributed by atoms with Gasteiger partial charge in [-0.25, -0.2) is 23.5 Å². The van der Waals surface area contributed by atoms with E-state index >= 15 is 8.78 Å². The quantitative estimate of drug-likeness (QED) is 0.0284. The number of pyridine rings is 3. The molecule has 0 aliphatic carbocycles. The Morgan fingerprint density at radius 3 is 2.30 bits per heavy atom. The van der Waals surface area contributed by atoms with Gasteiger partial charge in [0.1, 0.15) is 77.2 Å². The van der Waals surface area contributed by atoms with Crippen molar-refractivity contribution in [3.63, 3.8) is 0 Å². The van der Waals surface area contributed by atoms with Gasteiger partial charge in [-0.15, -0.1) is 6.42 Å². The fraction of sp³-hybridized carbons (Fsp3) is 0.563. The van der Waals surface area contributed by atoms with Crippen LogP contribution in [0.1, 0.15) is 71.3 Å². The van der Waals surface area contributed by atoms with E-state index in [4.69, 9.17) is 95.3 Å². The smallest absolute Gasteiger partial charge is 0.410 e. The highest BCUT2D eigenvalue weighted by molar-refractivity contribution is 6.76. The predicted molar refractivity (Wildman–Crippen MR) is 369 cm³/mol. The molecule has 0 spiro atoms. The molecule has 7 atom stereocenters. The fourth-order valence-corrected chi connectivity index (χ4v) is 15.7. The van der Waals surface area contributed by atoms with Crippen molar-refractivity contribution in [1.29, 1.82) is 0 Å². The number of fused-ring (bicyclic) bond motifs is 6. The number of halogens is 3. The van der Waals surface area contributed by atoms with Crippen molar-refractivity contribution in [1.82, 2.24) is 49.2 Å². The normalized spacial score (nSPS) is 23.5. The molecule has 12 heterocycles. The first-order chi connectivity index (χ1) is 47.3. The molecule has 0 radical (unpaired) electrons. The van der Waals surface area contributed by atoms with Gasteiger partial charge in [0.25, 0.3) is 0 Å². The van der Waals surface area contributed by atoms with Crippen LogP contribution in [0.25, 0.3) is 55.4 Å². The van der Waals surface area contributed by atoms with Crippen molar-refractivity contribution in [3.8, 4) is 52.6 Å². The van der Waals surface area contributed by atoms with Crippen molar-refractivity contribution < 1.29 is 60.9 Å². The Morgan fingerprint density at radius 1 is 0.806 bits per heavy atom. The Morgan fingerprint density at radius 2 is 1.58 bits per heavy atom. The van der Waals surface area contributed by atoms with Crippen LogP contribution in [0.2, 0.25) is 30.7 Å². The molecule has 27 heteroatoms. The average Bonchev–Trinajstić information content (AvgIpc) is 1.09. The molecule has 7 saturated heterocycles. The third-order valence-corrected chi connectivity index (χ3v) is 21.7. The van der Waals surface area contributed by atoms with Crippen LogP contribution in [0.3, 0.4) is 0 Å². The molecule has 7 aliphatic rings. The number of methoxy groups -OCH3 is 1. The first-order valence-electron chi connectivity index (χ1n) is 34.4. The molecule has 7 fully saturated rings. The van der Waals surface area contributed by atoms with Crippen LogP contribution >= 0.6 is 11.6 Å². The van der Waals surface area contributed by atoms with Crippen LogP contribution in [0.5, 0.6) is 17.8 Å². The largest absolute Gasteiger partial charge is 0.468 e. The van der Waals surface area contributed by atoms with Gasteiger partial charge in [0.05, 0.1) is 47.0 Å². The number of carbonyl (C=O) groups is 1. The maximum atomic E-state index is 17.7. The Kier molecular flexibility index (Phi) is 20.0. The van der Waals surface area contributed by atoms with Crippen LogP contribution in [0, 0.1) is 24.0 Å². The van der Waals surface area contributed by atoms with Gasteiger partial charge in [-0.05, 0) is 114 Å². The lowest BCUT2D eigenvalue weighted by Crippen LogP contribution is -2.57. The zero-order valence-corrected chi connectivity index (χ0v) is 58.6. The number of imidazole rings is 1. The minimum atomic E-state index is -1.37. The van der Waals surface area contributed by atoms with E-state index in [0.29, 0.717) is 108 Å². The summed E-state index contributed by atoms with van der Waals surface area (Å²) in [6.07, 6.45) is 13.9. The van der Waals surface area contributed by atoms with Gasteiger partial charge in [-0.1, -0.05) is 43.2 Å². The number of anilines is 2. The van der Waals surface area contributed by atoms with E-state index in [9.17, 15) is 4.79 Å². The number of hydrogen-bond donors (Lipinski definition) is 0. The molecule has 1 amide bonds. The van der Waals surface area contributed by atoms with E-state index in [1.165, 1.54) is 19.4 Å². The van der Waals surface area contributed by atoms with E-state index in [1.807, 2.05) is 54.6 Å². The molecule has 0 N–H and O–H groups in total. The van der Waals surface area contributed by atoms with Crippen LogP contribution in [0.15, 0.2) is 54.9 Å². The van der Waals surface area contributed by atoms with Crippen LogP contribution in [0.4, 0.5) is 25.2 Å². The second-order valence-electron chi connectivity index (χ2n) is 28.8. The molecule has 98 heavy (non-hydrogen) atoms. The fourth-order valence-electron chi connectivity index (χ4n) is 14.7. The average molecular weight is 1390 g/mol. The first-order valence-corrected chi connectivity index (χ1v) is 38.5. The summed E-state index contributed by atoms with van der Waals surface area (Å²) < 4.78 is 96.0. The number of amides is 1. The topological polar surface area (TPSA) is 208 Å². The number of ether oxygens (including phenoxy) is 10. The molecule has 522 valence electrons. The van der Waals surface area contributed by atoms with Gasteiger partial charge in [0.15, 0.2) is 30.7 Å². The van der Waals surface area contributed by atoms with Crippen LogP contribution in [-0.4, -0.2) is 224 Å². The van der Waals surface area contributed by atoms with E-state index in [-0.39, 0.29) is 91.3 Å². The molecule has 3 unspecified atom stereocenters. The number of rotatable bonds is 21. The molecule has 14 rings (SSSR count). The van der Waals surface area contributed by atoms with Gasteiger partial charge < -0.3 is 57.2 Å². The number of piperazine rings is 2. The molecule has 2 aromatic carbocycles. The zero-order valence-electron chi connectivity index (χ0n) is 56.9. The van der Waals surface area contributed by atoms with E-state index in [1.54, 1.807) is 18.2 Å². The van der Waals surface area contributed by atoms with Crippen molar-refractivity contribution in [3.05, 3.63) is 77.1 Å². The zero-order chi connectivity index (χ0) is 68.0. The first kappa shape index (κ1) is 68.0. The Labute approximate surface area is 575 Å². The second-order valence-corrected chi connectivity index (χ2v) is 34.8. The summed E-state index contributed by atoms with van der Waals surface area (Å²) in [5.41, 5.74) is 1.91. The minimum absolute atomic E-state index is 0.00328. The number of carbonyl (C=O) groups excluding carboxylic acids is 1. The number of aromatic nitrogens is 7. The molecular formula is C71H87ClF2N12O11Si. The van der Waals surface area contributed by atoms with Crippen molar-refractivity contribution >= 4 is 70.2 Å². The van der Waals surface area contributed by atoms with E-state index in [0.717, 1.165) is 102 Å². The third-order valence-electron chi connectivity index (χ3n) is 19.7. The summed E-state index contributed by atoms with van der Waals surface area (Å²) in [5, 5.41) is 1.62. The lowest BCUT2D eigenvalue weighted by molar-refractivity contribution is -0.202. The van der Waals surface area contributed by atoms with Crippen LogP contribution < -0.4 is 24.0 Å². The Balaban J connectivity index is 0.619. The monoisotopic (exact) mass is 1380 g/mol. The molecule has 5 aromatic heterocycles. The minimum Gasteiger partial charge on any atom is -0.468 e. The number of piperidine rings is 1. The Bertz CT molecular complexity index is 4070. The highest BCUT2D eigenvalue weighted by atomic mass is 35.5. The Hall–Kier alpha value is -7.16. The van der Waals surface area contributed by atoms with Gasteiger partial charge in [-0.2, -0.15) is 15.0 Å². The van der Waals surface area contributed by atoms with Crippen molar-refractivity contribution in [2.45, 2.75) is 153 Å². The molecule has 23 nitrogen and oxygen atoms in total. The van der Waals surface area contributed by atoms with Crippen LogP contribution in [-0.2, 0) is 39.9 Å². The summed E-state index contributed by atoms with van der Waals surface area (Å²) in [4.78, 5) is 54.2. The summed E-state index contributed by atoms with van der Waals surface area (Å²) in [5.74, 6) is 2.74. The number of terminal acetylenes is 1. The van der Waals surface area contributed by atoms with Crippen molar-refractivity contribution in [2.75, 3.05) is 116 Å². The van der Waals surface area contributed by atoms with Crippen molar-refractivity contribution in [2.24, 2.45) is 0 Å². The van der Waals surface area contributed by atoms with E-state index in [2.05, 4.69) is 45.2 Å². The molecule has 0 saturated carbocycles. The third kappa shape index (κ3) is 14.6. The second kappa shape index (κ2) is 28.8. The maximum absolute atomic E-state index is 17.7. The molecule has 7 aliphatic heterocycles. The number of hydrogen-bond acceptors (Lipinski definition) is 21. The molecule has 7 aromatic rings. The summed E-state index contributed by atoms with van der Waals surface area (Å²) in [7, 11) is 0.122. The predicted octanol–water partition coefficient (Wildman–Crippen LogP) is 10.6. The lowest BCUT2D eigenvalue weighted by atomic mass is 9.95. The van der Waals surface area contributed by atoms with Gasteiger partial charge in [-0.3, -0.25) is 24.3 Å². The standard InChI is InChI=1S/C71H87ClF2N12O11Si/c1-9-49-53(73)17-13-43-32-48(94-42-88-5)33-50(59(43)49)62-60(74)63-51(36-76-62)66(84-37-46-15-16-47(38-84)86(46)70(87)97-71(2,3)4)80-68(79-63)91-29-27-81-23-25-82(26-24-81)45-19-21-83(22-20-45)57-18-14-44(35-75-57)61-52(72)34-54-67(78-61)85(41-89-30-31-98(6,7)8)69(77-54)96-56-40-93-64-55(39-92-65(56)64)95-58-12-10-11-28-90-58/h1,13-14,17-18,32-36,45-47,55-56,58,64-65H,10-12,15-16,19-31,37-42H2,2-8H3/t46?,47?,55-,56-,58?,64-,65-/m1/s1. The molecular weight excluding hydrogens is 1300 g/mol.